The van der Waals surface area contributed by atoms with E-state index in [9.17, 15) is 4.79 Å². The van der Waals surface area contributed by atoms with Crippen LogP contribution in [-0.4, -0.2) is 77.3 Å². The lowest BCUT2D eigenvalue weighted by molar-refractivity contribution is 0.167. The zero-order valence-electron chi connectivity index (χ0n) is 21.9. The van der Waals surface area contributed by atoms with Crippen LogP contribution in [0.2, 0.25) is 0 Å². The predicted molar refractivity (Wildman–Crippen MR) is 147 cm³/mol. The molecular weight excluding hydrogens is 462 g/mol. The molecule has 0 saturated carbocycles. The number of nitriles is 1. The quantitative estimate of drug-likeness (QED) is 0.511. The van der Waals surface area contributed by atoms with Crippen molar-refractivity contribution in [1.82, 2.24) is 24.7 Å². The van der Waals surface area contributed by atoms with Crippen LogP contribution in [0.4, 0.5) is 10.5 Å². The van der Waals surface area contributed by atoms with Gasteiger partial charge in [-0.1, -0.05) is 24.3 Å². The van der Waals surface area contributed by atoms with Crippen LogP contribution >= 0.6 is 0 Å². The molecule has 2 aromatic heterocycles. The molecule has 3 aromatic rings. The highest BCUT2D eigenvalue weighted by Gasteiger charge is 2.24. The monoisotopic (exact) mass is 499 g/mol. The van der Waals surface area contributed by atoms with Crippen LogP contribution in [0.1, 0.15) is 44.6 Å². The Labute approximate surface area is 219 Å². The molecule has 194 valence electrons. The number of benzene rings is 1. The Bertz CT molecular complexity index is 1250. The van der Waals surface area contributed by atoms with Gasteiger partial charge in [0.25, 0.3) is 0 Å². The van der Waals surface area contributed by atoms with Crippen LogP contribution in [0.5, 0.6) is 0 Å². The maximum absolute atomic E-state index is 12.3. The van der Waals surface area contributed by atoms with E-state index in [1.807, 2.05) is 15.6 Å². The van der Waals surface area contributed by atoms with Crippen molar-refractivity contribution >= 4 is 17.2 Å². The van der Waals surface area contributed by atoms with Crippen molar-refractivity contribution in [2.45, 2.75) is 45.1 Å². The Hall–Kier alpha value is -3.57. The number of rotatable bonds is 6. The van der Waals surface area contributed by atoms with E-state index in [0.29, 0.717) is 38.0 Å². The van der Waals surface area contributed by atoms with E-state index < -0.39 is 0 Å². The predicted octanol–water partition coefficient (Wildman–Crippen LogP) is 4.33. The van der Waals surface area contributed by atoms with Crippen LogP contribution in [0.25, 0.3) is 16.6 Å². The molecular formula is C29H37N7O. The molecule has 1 atom stereocenters. The fourth-order valence-electron chi connectivity index (χ4n) is 5.61. The molecule has 0 bridgehead atoms. The summed E-state index contributed by atoms with van der Waals surface area (Å²) in [5.41, 5.74) is 6.02. The minimum Gasteiger partial charge on any atom is -0.366 e. The lowest BCUT2D eigenvalue weighted by Gasteiger charge is -2.36. The van der Waals surface area contributed by atoms with E-state index in [1.54, 1.807) is 0 Å². The first-order valence-corrected chi connectivity index (χ1v) is 13.5. The third kappa shape index (κ3) is 5.57. The number of piperazine rings is 1. The number of amides is 2. The van der Waals surface area contributed by atoms with Crippen molar-refractivity contribution in [3.8, 4) is 17.2 Å². The summed E-state index contributed by atoms with van der Waals surface area (Å²) >= 11 is 0. The third-order valence-electron chi connectivity index (χ3n) is 7.81. The largest absolute Gasteiger partial charge is 0.366 e. The summed E-state index contributed by atoms with van der Waals surface area (Å²) < 4.78 is 1.96. The van der Waals surface area contributed by atoms with E-state index >= 15 is 0 Å². The van der Waals surface area contributed by atoms with Gasteiger partial charge in [-0.2, -0.15) is 10.4 Å². The highest BCUT2D eigenvalue weighted by atomic mass is 16.2. The maximum Gasteiger partial charge on any atom is 0.317 e. The van der Waals surface area contributed by atoms with Crippen molar-refractivity contribution in [2.75, 3.05) is 50.7 Å². The topological polar surface area (TPSA) is 79.9 Å². The van der Waals surface area contributed by atoms with Crippen LogP contribution in [-0.2, 0) is 0 Å². The number of nitrogens with one attached hydrogen (secondary N) is 1. The summed E-state index contributed by atoms with van der Waals surface area (Å²) in [6.45, 7) is 10.2. The molecule has 0 spiro atoms. The number of piperidine rings is 1. The van der Waals surface area contributed by atoms with Crippen molar-refractivity contribution in [3.63, 3.8) is 0 Å². The number of hydrogen-bond acceptors (Lipinski definition) is 5. The van der Waals surface area contributed by atoms with Gasteiger partial charge < -0.3 is 20.0 Å². The summed E-state index contributed by atoms with van der Waals surface area (Å²) in [6, 6.07) is 16.0. The van der Waals surface area contributed by atoms with Gasteiger partial charge in [0.1, 0.15) is 0 Å². The zero-order chi connectivity index (χ0) is 25.8. The standard InChI is InChI=1S/C29H37N7O/c1-22(2)35-14-3-5-25(20-35)23-6-8-24(9-7-23)26-19-28-27(10-13-32-36(28)21-26)33-15-17-34(18-16-33)29(37)31-12-4-11-30/h6-10,13,19,21-22,25H,3-5,12,14-18,20H2,1-2H3,(H,31,37)/t25-/m0/s1. The van der Waals surface area contributed by atoms with E-state index in [0.717, 1.165) is 36.4 Å². The second-order valence-corrected chi connectivity index (χ2v) is 10.4. The molecule has 2 aliphatic heterocycles. The number of aromatic nitrogens is 2. The number of carbonyl (C=O) groups excluding carboxylic acids is 1. The number of urea groups is 1. The zero-order valence-corrected chi connectivity index (χ0v) is 21.9. The van der Waals surface area contributed by atoms with Gasteiger partial charge in [0.15, 0.2) is 0 Å². The number of fused-ring (bicyclic) bond motifs is 1. The third-order valence-corrected chi connectivity index (χ3v) is 7.81. The Morgan fingerprint density at radius 2 is 1.89 bits per heavy atom. The van der Waals surface area contributed by atoms with Crippen molar-refractivity contribution in [2.24, 2.45) is 0 Å². The minimum atomic E-state index is -0.0895. The van der Waals surface area contributed by atoms with Crippen LogP contribution in [0, 0.1) is 11.3 Å². The van der Waals surface area contributed by atoms with Gasteiger partial charge in [-0.3, -0.25) is 0 Å². The second-order valence-electron chi connectivity index (χ2n) is 10.4. The van der Waals surface area contributed by atoms with Gasteiger partial charge in [-0.05, 0) is 62.4 Å². The molecule has 1 N–H and O–H groups in total. The Morgan fingerprint density at radius 1 is 1.11 bits per heavy atom. The lowest BCUT2D eigenvalue weighted by atomic mass is 9.89. The summed E-state index contributed by atoms with van der Waals surface area (Å²) in [4.78, 5) is 19.1. The molecule has 8 nitrogen and oxygen atoms in total. The van der Waals surface area contributed by atoms with E-state index in [2.05, 4.69) is 82.7 Å². The first-order valence-electron chi connectivity index (χ1n) is 13.5. The Morgan fingerprint density at radius 3 is 2.62 bits per heavy atom. The van der Waals surface area contributed by atoms with Crippen molar-refractivity contribution in [1.29, 1.82) is 5.26 Å². The highest BCUT2D eigenvalue weighted by molar-refractivity contribution is 5.80. The molecule has 2 aliphatic rings. The molecule has 37 heavy (non-hydrogen) atoms. The van der Waals surface area contributed by atoms with Gasteiger partial charge in [-0.15, -0.1) is 0 Å². The SMILES string of the molecule is CC(C)N1CCC[C@H](c2ccc(-c3cc4c(N5CCN(C(=O)NCCC#N)CC5)ccnn4c3)cc2)C1. The fraction of sp³-hybridized carbons (Fsp3) is 0.483. The van der Waals surface area contributed by atoms with Gasteiger partial charge >= 0.3 is 6.03 Å². The van der Waals surface area contributed by atoms with Crippen molar-refractivity contribution < 1.29 is 4.79 Å². The van der Waals surface area contributed by atoms with E-state index in [-0.39, 0.29) is 6.03 Å². The van der Waals surface area contributed by atoms with Crippen LogP contribution < -0.4 is 10.2 Å². The minimum absolute atomic E-state index is 0.0895. The number of anilines is 1. The molecule has 5 rings (SSSR count). The maximum atomic E-state index is 12.3. The summed E-state index contributed by atoms with van der Waals surface area (Å²) in [5, 5.41) is 16.1. The lowest BCUT2D eigenvalue weighted by Crippen LogP contribution is -2.52. The fourth-order valence-corrected chi connectivity index (χ4v) is 5.61. The molecule has 2 amide bonds. The first-order chi connectivity index (χ1) is 18.0. The highest BCUT2D eigenvalue weighted by Crippen LogP contribution is 2.32. The molecule has 8 heteroatoms. The summed E-state index contributed by atoms with van der Waals surface area (Å²) in [7, 11) is 0. The molecule has 2 saturated heterocycles. The number of carbonyl (C=O) groups is 1. The normalized spacial score (nSPS) is 18.8. The average Bonchev–Trinajstić information content (AvgIpc) is 3.38. The number of likely N-dealkylation sites (tertiary alicyclic amines) is 1. The molecule has 0 unspecified atom stereocenters. The van der Waals surface area contributed by atoms with Gasteiger partial charge in [0, 0.05) is 63.3 Å². The molecule has 2 fully saturated rings. The van der Waals surface area contributed by atoms with Crippen LogP contribution in [0.3, 0.4) is 0 Å². The second kappa shape index (κ2) is 11.2. The smallest absolute Gasteiger partial charge is 0.317 e. The average molecular weight is 500 g/mol. The van der Waals surface area contributed by atoms with Crippen LogP contribution in [0.15, 0.2) is 48.8 Å². The number of nitrogens with zero attached hydrogens (tertiary/aromatic N) is 6. The van der Waals surface area contributed by atoms with Gasteiger partial charge in [0.2, 0.25) is 0 Å². The Balaban J connectivity index is 1.27. The first kappa shape index (κ1) is 25.1. The molecule has 0 radical (unpaired) electrons. The summed E-state index contributed by atoms with van der Waals surface area (Å²) in [6.07, 6.45) is 6.82. The summed E-state index contributed by atoms with van der Waals surface area (Å²) in [5.74, 6) is 0.610. The molecule has 1 aromatic carbocycles. The van der Waals surface area contributed by atoms with Crippen molar-refractivity contribution in [3.05, 3.63) is 54.4 Å². The van der Waals surface area contributed by atoms with E-state index in [4.69, 9.17) is 5.26 Å². The number of hydrogen-bond donors (Lipinski definition) is 1. The van der Waals surface area contributed by atoms with Gasteiger partial charge in [0.05, 0.1) is 23.7 Å². The Kier molecular flexibility index (Phi) is 7.61. The van der Waals surface area contributed by atoms with Gasteiger partial charge in [-0.25, -0.2) is 9.31 Å². The molecule has 4 heterocycles. The molecule has 0 aliphatic carbocycles. The van der Waals surface area contributed by atoms with E-state index in [1.165, 1.54) is 30.5 Å².